The first kappa shape index (κ1) is 12.3. The van der Waals surface area contributed by atoms with Gasteiger partial charge in [0.05, 0.1) is 12.3 Å². The molecule has 1 N–H and O–H groups in total. The van der Waals surface area contributed by atoms with Gasteiger partial charge in [-0.3, -0.25) is 0 Å². The minimum absolute atomic E-state index is 0.249. The maximum absolute atomic E-state index is 13.2. The molecule has 2 rings (SSSR count). The first-order chi connectivity index (χ1) is 8.08. The van der Waals surface area contributed by atoms with Crippen LogP contribution in [0.1, 0.15) is 5.56 Å². The van der Waals surface area contributed by atoms with Gasteiger partial charge < -0.3 is 5.11 Å². The molecular weight excluding hydrogens is 264 g/mol. The number of aliphatic hydroxyl groups is 1. The molecule has 0 amide bonds. The lowest BCUT2D eigenvalue weighted by Gasteiger charge is -2.05. The van der Waals surface area contributed by atoms with Crippen LogP contribution in [0.2, 0.25) is 10.0 Å². The van der Waals surface area contributed by atoms with Crippen LogP contribution in [0, 0.1) is 5.95 Å². The van der Waals surface area contributed by atoms with Crippen molar-refractivity contribution in [2.24, 2.45) is 0 Å². The quantitative estimate of drug-likeness (QED) is 0.846. The Balaban J connectivity index is 2.55. The predicted molar refractivity (Wildman–Crippen MR) is 65.6 cm³/mol. The highest BCUT2D eigenvalue weighted by molar-refractivity contribution is 6.35. The van der Waals surface area contributed by atoms with E-state index < -0.39 is 5.95 Å². The minimum atomic E-state index is -0.650. The number of benzene rings is 1. The van der Waals surface area contributed by atoms with Crippen molar-refractivity contribution in [2.75, 3.05) is 0 Å². The molecule has 5 heteroatoms. The highest BCUT2D eigenvalue weighted by Gasteiger charge is 2.06. The van der Waals surface area contributed by atoms with E-state index in [0.717, 1.165) is 0 Å². The fraction of sp³-hybridized carbons (Fsp3) is 0.0833. The number of aromatic nitrogens is 1. The van der Waals surface area contributed by atoms with Gasteiger partial charge in [-0.1, -0.05) is 23.2 Å². The number of hydrogen-bond donors (Lipinski definition) is 1. The van der Waals surface area contributed by atoms with Crippen molar-refractivity contribution in [2.45, 2.75) is 6.61 Å². The van der Waals surface area contributed by atoms with Gasteiger partial charge in [0.2, 0.25) is 5.95 Å². The van der Waals surface area contributed by atoms with Crippen molar-refractivity contribution in [3.05, 3.63) is 51.9 Å². The topological polar surface area (TPSA) is 33.1 Å². The van der Waals surface area contributed by atoms with Crippen LogP contribution in [-0.4, -0.2) is 10.1 Å². The second-order valence-electron chi connectivity index (χ2n) is 3.50. The molecule has 0 unspecified atom stereocenters. The summed E-state index contributed by atoms with van der Waals surface area (Å²) >= 11 is 11.7. The van der Waals surface area contributed by atoms with Gasteiger partial charge in [-0.2, -0.15) is 4.39 Å². The molecule has 0 spiro atoms. The Kier molecular flexibility index (Phi) is 3.62. The van der Waals surface area contributed by atoms with Crippen molar-refractivity contribution in [1.82, 2.24) is 4.98 Å². The van der Waals surface area contributed by atoms with E-state index in [1.165, 1.54) is 6.07 Å². The molecule has 0 aliphatic carbocycles. The fourth-order valence-electron chi connectivity index (χ4n) is 1.49. The number of nitrogens with zero attached hydrogens (tertiary/aromatic N) is 1. The average Bonchev–Trinajstić information content (AvgIpc) is 2.26. The zero-order chi connectivity index (χ0) is 12.4. The van der Waals surface area contributed by atoms with Gasteiger partial charge in [-0.15, -0.1) is 0 Å². The third kappa shape index (κ3) is 2.94. The molecule has 1 aromatic carbocycles. The first-order valence-electron chi connectivity index (χ1n) is 4.82. The number of pyridine rings is 1. The molecule has 0 aliphatic heterocycles. The third-order valence-corrected chi connectivity index (χ3v) is 2.63. The lowest BCUT2D eigenvalue weighted by atomic mass is 10.1. The second-order valence-corrected chi connectivity index (χ2v) is 4.37. The van der Waals surface area contributed by atoms with E-state index in [-0.39, 0.29) is 6.61 Å². The van der Waals surface area contributed by atoms with Crippen molar-refractivity contribution in [3.8, 4) is 11.3 Å². The lowest BCUT2D eigenvalue weighted by molar-refractivity contribution is 0.281. The van der Waals surface area contributed by atoms with Crippen LogP contribution < -0.4 is 0 Å². The summed E-state index contributed by atoms with van der Waals surface area (Å²) < 4.78 is 13.2. The molecule has 1 aromatic heterocycles. The molecule has 0 saturated carbocycles. The van der Waals surface area contributed by atoms with E-state index in [4.69, 9.17) is 28.3 Å². The van der Waals surface area contributed by atoms with Crippen molar-refractivity contribution < 1.29 is 9.50 Å². The lowest BCUT2D eigenvalue weighted by Crippen LogP contribution is -1.93. The van der Waals surface area contributed by atoms with Crippen LogP contribution in [0.15, 0.2) is 30.3 Å². The van der Waals surface area contributed by atoms with Crippen LogP contribution >= 0.6 is 23.2 Å². The molecule has 2 aromatic rings. The molecule has 0 fully saturated rings. The summed E-state index contributed by atoms with van der Waals surface area (Å²) in [6.45, 7) is -0.249. The zero-order valence-electron chi connectivity index (χ0n) is 8.62. The van der Waals surface area contributed by atoms with Crippen molar-refractivity contribution in [3.63, 3.8) is 0 Å². The summed E-state index contributed by atoms with van der Waals surface area (Å²) in [7, 11) is 0. The highest BCUT2D eigenvalue weighted by atomic mass is 35.5. The van der Waals surface area contributed by atoms with Crippen LogP contribution in [-0.2, 0) is 6.61 Å². The van der Waals surface area contributed by atoms with Crippen LogP contribution in [0.4, 0.5) is 4.39 Å². The Morgan fingerprint density at radius 3 is 2.29 bits per heavy atom. The Morgan fingerprint density at radius 2 is 1.71 bits per heavy atom. The van der Waals surface area contributed by atoms with Crippen LogP contribution in [0.3, 0.4) is 0 Å². The summed E-state index contributed by atoms with van der Waals surface area (Å²) in [4.78, 5) is 3.74. The summed E-state index contributed by atoms with van der Waals surface area (Å²) in [6, 6.07) is 7.62. The van der Waals surface area contributed by atoms with E-state index in [1.807, 2.05) is 0 Å². The van der Waals surface area contributed by atoms with Crippen molar-refractivity contribution >= 4 is 23.2 Å². The monoisotopic (exact) mass is 271 g/mol. The Labute approximate surface area is 108 Å². The smallest absolute Gasteiger partial charge is 0.213 e. The Morgan fingerprint density at radius 1 is 1.06 bits per heavy atom. The summed E-state index contributed by atoms with van der Waals surface area (Å²) in [5, 5.41) is 9.89. The Hall–Kier alpha value is -1.16. The van der Waals surface area contributed by atoms with Gasteiger partial charge in [0.1, 0.15) is 0 Å². The van der Waals surface area contributed by atoms with Gasteiger partial charge in [0.25, 0.3) is 0 Å². The number of rotatable bonds is 2. The molecule has 17 heavy (non-hydrogen) atoms. The molecular formula is C12H8Cl2FNO. The molecule has 88 valence electrons. The minimum Gasteiger partial charge on any atom is -0.392 e. The van der Waals surface area contributed by atoms with Gasteiger partial charge >= 0.3 is 0 Å². The van der Waals surface area contributed by atoms with E-state index in [1.54, 1.807) is 24.3 Å². The largest absolute Gasteiger partial charge is 0.392 e. The molecule has 0 atom stereocenters. The molecule has 1 heterocycles. The molecule has 0 aliphatic rings. The van der Waals surface area contributed by atoms with E-state index >= 15 is 0 Å². The highest BCUT2D eigenvalue weighted by Crippen LogP contribution is 2.26. The predicted octanol–water partition coefficient (Wildman–Crippen LogP) is 3.69. The van der Waals surface area contributed by atoms with E-state index in [9.17, 15) is 4.39 Å². The zero-order valence-corrected chi connectivity index (χ0v) is 10.1. The summed E-state index contributed by atoms with van der Waals surface area (Å²) in [5.74, 6) is -0.650. The van der Waals surface area contributed by atoms with E-state index in [2.05, 4.69) is 4.98 Å². The second kappa shape index (κ2) is 5.00. The standard InChI is InChI=1S/C12H8Cl2FNO/c13-9-3-8(4-10(14)5-9)11-1-7(6-17)2-12(15)16-11/h1-5,17H,6H2. The molecule has 0 bridgehead atoms. The van der Waals surface area contributed by atoms with Crippen LogP contribution in [0.5, 0.6) is 0 Å². The van der Waals surface area contributed by atoms with Gasteiger partial charge in [-0.25, -0.2) is 4.98 Å². The summed E-state index contributed by atoms with van der Waals surface area (Å²) in [5.41, 5.74) is 1.44. The average molecular weight is 272 g/mol. The number of aliphatic hydroxyl groups excluding tert-OH is 1. The van der Waals surface area contributed by atoms with Crippen molar-refractivity contribution in [1.29, 1.82) is 0 Å². The SMILES string of the molecule is OCc1cc(F)nc(-c2cc(Cl)cc(Cl)c2)c1. The van der Waals surface area contributed by atoms with Gasteiger partial charge in [0.15, 0.2) is 0 Å². The van der Waals surface area contributed by atoms with Gasteiger partial charge in [0, 0.05) is 15.6 Å². The molecule has 2 nitrogen and oxygen atoms in total. The van der Waals surface area contributed by atoms with Gasteiger partial charge in [-0.05, 0) is 35.9 Å². The maximum atomic E-state index is 13.2. The molecule has 0 saturated heterocycles. The summed E-state index contributed by atoms with van der Waals surface area (Å²) in [6.07, 6.45) is 0. The van der Waals surface area contributed by atoms with Crippen LogP contribution in [0.25, 0.3) is 11.3 Å². The Bertz CT molecular complexity index is 540. The normalized spacial score (nSPS) is 10.6. The number of halogens is 3. The van der Waals surface area contributed by atoms with E-state index in [0.29, 0.717) is 26.9 Å². The number of hydrogen-bond acceptors (Lipinski definition) is 2. The molecule has 0 radical (unpaired) electrons. The maximum Gasteiger partial charge on any atom is 0.213 e. The fourth-order valence-corrected chi connectivity index (χ4v) is 2.02. The first-order valence-corrected chi connectivity index (χ1v) is 5.58. The third-order valence-electron chi connectivity index (χ3n) is 2.19.